The van der Waals surface area contributed by atoms with Crippen molar-refractivity contribution in [3.8, 4) is 0 Å². The van der Waals surface area contributed by atoms with E-state index in [1.54, 1.807) is 6.07 Å². The summed E-state index contributed by atoms with van der Waals surface area (Å²) in [5.74, 6) is -2.31. The minimum absolute atomic E-state index is 0.0249. The molecule has 8 nitrogen and oxygen atoms in total. The van der Waals surface area contributed by atoms with Crippen LogP contribution in [0.1, 0.15) is 36.8 Å². The zero-order valence-corrected chi connectivity index (χ0v) is 12.8. The van der Waals surface area contributed by atoms with Crippen molar-refractivity contribution >= 4 is 23.5 Å². The van der Waals surface area contributed by atoms with E-state index in [1.165, 1.54) is 37.6 Å². The molecule has 0 unspecified atom stereocenters. The lowest BCUT2D eigenvalue weighted by Crippen LogP contribution is -2.16. The molecule has 0 saturated heterocycles. The highest BCUT2D eigenvalue weighted by Crippen LogP contribution is 2.17. The third-order valence-electron chi connectivity index (χ3n) is 3.09. The summed E-state index contributed by atoms with van der Waals surface area (Å²) in [4.78, 5) is 38.2. The quantitative estimate of drug-likeness (QED) is 0.731. The molecular weight excluding hydrogens is 314 g/mol. The first-order chi connectivity index (χ1) is 11.4. The molecule has 0 radical (unpaired) electrons. The van der Waals surface area contributed by atoms with Gasteiger partial charge < -0.3 is 20.9 Å². The van der Waals surface area contributed by atoms with Crippen LogP contribution in [0.3, 0.4) is 0 Å². The Bertz CT molecular complexity index is 787. The van der Waals surface area contributed by atoms with E-state index in [0.717, 1.165) is 0 Å². The number of carboxylic acids is 1. The number of aromatic carboxylic acids is 1. The molecule has 0 fully saturated rings. The minimum Gasteiger partial charge on any atom is -0.478 e. The van der Waals surface area contributed by atoms with Gasteiger partial charge in [0.05, 0.1) is 17.7 Å². The van der Waals surface area contributed by atoms with Gasteiger partial charge in [0.1, 0.15) is 5.69 Å². The van der Waals surface area contributed by atoms with E-state index >= 15 is 0 Å². The summed E-state index contributed by atoms with van der Waals surface area (Å²) in [5, 5.41) is 11.7. The lowest BCUT2D eigenvalue weighted by Gasteiger charge is -2.09. The zero-order valence-electron chi connectivity index (χ0n) is 12.8. The van der Waals surface area contributed by atoms with Gasteiger partial charge in [-0.2, -0.15) is 0 Å². The lowest BCUT2D eigenvalue weighted by molar-refractivity contribution is 0.0696. The predicted octanol–water partition coefficient (Wildman–Crippen LogP) is 1.28. The number of rotatable bonds is 6. The number of carbonyl (C=O) groups excluding carboxylic acids is 2. The molecule has 1 aromatic carbocycles. The minimum atomic E-state index is -1.12. The van der Waals surface area contributed by atoms with Crippen LogP contribution < -0.4 is 11.1 Å². The highest BCUT2D eigenvalue weighted by atomic mass is 16.5. The summed E-state index contributed by atoms with van der Waals surface area (Å²) < 4.78 is 4.98. The molecule has 8 heteroatoms. The van der Waals surface area contributed by atoms with Gasteiger partial charge in [0, 0.05) is 19.0 Å². The third-order valence-corrected chi connectivity index (χ3v) is 3.09. The number of pyridine rings is 1. The van der Waals surface area contributed by atoms with Crippen LogP contribution in [0.4, 0.5) is 5.69 Å². The number of methoxy groups -OCH3 is 1. The molecular formula is C16H15N3O5. The fourth-order valence-electron chi connectivity index (χ4n) is 2.01. The van der Waals surface area contributed by atoms with Gasteiger partial charge in [-0.05, 0) is 35.9 Å². The fraction of sp³-hybridized carbons (Fsp3) is 0.125. The van der Waals surface area contributed by atoms with Gasteiger partial charge in [0.25, 0.3) is 5.91 Å². The molecule has 1 heterocycles. The Labute approximate surface area is 137 Å². The number of hydrogen-bond donors (Lipinski definition) is 3. The zero-order chi connectivity index (χ0) is 17.7. The lowest BCUT2D eigenvalue weighted by atomic mass is 10.1. The highest BCUT2D eigenvalue weighted by Gasteiger charge is 2.12. The number of primary amides is 1. The summed E-state index contributed by atoms with van der Waals surface area (Å²) in [7, 11) is 1.48. The van der Waals surface area contributed by atoms with E-state index in [1.807, 2.05) is 0 Å². The van der Waals surface area contributed by atoms with Crippen LogP contribution in [0.15, 0.2) is 36.5 Å². The number of amides is 2. The summed E-state index contributed by atoms with van der Waals surface area (Å²) in [6.45, 7) is 0.204. The molecule has 0 spiro atoms. The summed E-state index contributed by atoms with van der Waals surface area (Å²) in [5.41, 5.74) is 6.28. The highest BCUT2D eigenvalue weighted by molar-refractivity contribution is 6.04. The molecule has 124 valence electrons. The first-order valence-corrected chi connectivity index (χ1v) is 6.84. The second-order valence-corrected chi connectivity index (χ2v) is 4.91. The summed E-state index contributed by atoms with van der Waals surface area (Å²) >= 11 is 0. The maximum Gasteiger partial charge on any atom is 0.335 e. The van der Waals surface area contributed by atoms with Crippen molar-refractivity contribution < 1.29 is 24.2 Å². The van der Waals surface area contributed by atoms with Crippen LogP contribution in [0.5, 0.6) is 0 Å². The molecule has 0 aliphatic rings. The molecule has 4 N–H and O–H groups in total. The molecule has 2 rings (SSSR count). The number of carbonyl (C=O) groups is 3. The van der Waals surface area contributed by atoms with Crippen molar-refractivity contribution in [1.29, 1.82) is 0 Å². The SMILES string of the molecule is COCc1cc(NC(=O)c2ccc(C(N)=O)cn2)cc(C(=O)O)c1. The van der Waals surface area contributed by atoms with Crippen LogP contribution in [0.25, 0.3) is 0 Å². The van der Waals surface area contributed by atoms with Crippen molar-refractivity contribution in [1.82, 2.24) is 4.98 Å². The Hall–Kier alpha value is -3.26. The summed E-state index contributed by atoms with van der Waals surface area (Å²) in [6, 6.07) is 7.13. The van der Waals surface area contributed by atoms with E-state index < -0.39 is 17.8 Å². The van der Waals surface area contributed by atoms with Crippen LogP contribution in [0.2, 0.25) is 0 Å². The van der Waals surface area contributed by atoms with E-state index in [4.69, 9.17) is 15.6 Å². The number of hydrogen-bond acceptors (Lipinski definition) is 5. The normalized spacial score (nSPS) is 10.2. The Morgan fingerprint density at radius 1 is 1.21 bits per heavy atom. The topological polar surface area (TPSA) is 132 Å². The predicted molar refractivity (Wildman–Crippen MR) is 84.8 cm³/mol. The number of aromatic nitrogens is 1. The monoisotopic (exact) mass is 329 g/mol. The van der Waals surface area contributed by atoms with E-state index in [0.29, 0.717) is 11.3 Å². The Kier molecular flexibility index (Phi) is 5.23. The molecule has 2 amide bonds. The van der Waals surface area contributed by atoms with Crippen LogP contribution in [0, 0.1) is 0 Å². The Balaban J connectivity index is 2.24. The van der Waals surface area contributed by atoms with Crippen molar-refractivity contribution in [2.24, 2.45) is 5.73 Å². The van der Waals surface area contributed by atoms with Gasteiger partial charge in [-0.15, -0.1) is 0 Å². The molecule has 0 aliphatic carbocycles. The molecule has 2 aromatic rings. The largest absolute Gasteiger partial charge is 0.478 e. The number of nitrogens with zero attached hydrogens (tertiary/aromatic N) is 1. The van der Waals surface area contributed by atoms with E-state index in [2.05, 4.69) is 10.3 Å². The third kappa shape index (κ3) is 4.14. The number of nitrogens with two attached hydrogens (primary N) is 1. The number of carboxylic acid groups (broad SMARTS) is 1. The van der Waals surface area contributed by atoms with Crippen LogP contribution in [-0.2, 0) is 11.3 Å². The van der Waals surface area contributed by atoms with Gasteiger partial charge in [0.15, 0.2) is 0 Å². The van der Waals surface area contributed by atoms with Crippen LogP contribution >= 0.6 is 0 Å². The van der Waals surface area contributed by atoms with Gasteiger partial charge >= 0.3 is 5.97 Å². The van der Waals surface area contributed by atoms with Crippen molar-refractivity contribution in [3.05, 3.63) is 58.9 Å². The van der Waals surface area contributed by atoms with Crippen LogP contribution in [-0.4, -0.2) is 35.0 Å². The maximum atomic E-state index is 12.2. The molecule has 0 saturated carbocycles. The fourth-order valence-corrected chi connectivity index (χ4v) is 2.01. The van der Waals surface area contributed by atoms with Gasteiger partial charge in [-0.1, -0.05) is 0 Å². The average molecular weight is 329 g/mol. The average Bonchev–Trinajstić information content (AvgIpc) is 2.55. The Morgan fingerprint density at radius 2 is 1.96 bits per heavy atom. The van der Waals surface area contributed by atoms with Crippen molar-refractivity contribution in [3.63, 3.8) is 0 Å². The van der Waals surface area contributed by atoms with Crippen molar-refractivity contribution in [2.75, 3.05) is 12.4 Å². The van der Waals surface area contributed by atoms with Gasteiger partial charge in [0.2, 0.25) is 5.91 Å². The number of anilines is 1. The summed E-state index contributed by atoms with van der Waals surface area (Å²) in [6.07, 6.45) is 1.20. The molecule has 0 bridgehead atoms. The number of nitrogens with one attached hydrogen (secondary N) is 1. The number of benzene rings is 1. The standard InChI is InChI=1S/C16H15N3O5/c1-24-8-9-4-11(16(22)23)6-12(5-9)19-15(21)13-3-2-10(7-18-13)14(17)20/h2-7H,8H2,1H3,(H2,17,20)(H,19,21)(H,22,23). The first kappa shape index (κ1) is 17.1. The van der Waals surface area contributed by atoms with E-state index in [-0.39, 0.29) is 23.4 Å². The molecule has 0 aliphatic heterocycles. The van der Waals surface area contributed by atoms with Gasteiger partial charge in [-0.25, -0.2) is 4.79 Å². The smallest absolute Gasteiger partial charge is 0.335 e. The van der Waals surface area contributed by atoms with Crippen molar-refractivity contribution in [2.45, 2.75) is 6.61 Å². The van der Waals surface area contributed by atoms with Gasteiger partial charge in [-0.3, -0.25) is 14.6 Å². The second kappa shape index (κ2) is 7.34. The molecule has 24 heavy (non-hydrogen) atoms. The van der Waals surface area contributed by atoms with E-state index in [9.17, 15) is 14.4 Å². The maximum absolute atomic E-state index is 12.2. The Morgan fingerprint density at radius 3 is 2.50 bits per heavy atom. The first-order valence-electron chi connectivity index (χ1n) is 6.84. The number of ether oxygens (including phenoxy) is 1. The molecule has 1 aromatic heterocycles. The molecule has 0 atom stereocenters. The second-order valence-electron chi connectivity index (χ2n) is 4.91.